The predicted octanol–water partition coefficient (Wildman–Crippen LogP) is 2.10. The quantitative estimate of drug-likeness (QED) is 0.578. The smallest absolute Gasteiger partial charge is 0.344 e. The summed E-state index contributed by atoms with van der Waals surface area (Å²) in [5.41, 5.74) is 5.95. The number of nitrogens with two attached hydrogens (primary N) is 1. The van der Waals surface area contributed by atoms with Gasteiger partial charge < -0.3 is 5.73 Å². The van der Waals surface area contributed by atoms with Gasteiger partial charge in [0.1, 0.15) is 5.84 Å². The van der Waals surface area contributed by atoms with Gasteiger partial charge >= 0.3 is 5.69 Å². The monoisotopic (exact) mass is 353 g/mol. The predicted molar refractivity (Wildman–Crippen MR) is 80.4 cm³/mol. The molecular weight excluding hydrogens is 342 g/mol. The van der Waals surface area contributed by atoms with E-state index in [-0.39, 0.29) is 17.6 Å². The summed E-state index contributed by atoms with van der Waals surface area (Å²) in [4.78, 5) is 12.6. The van der Waals surface area contributed by atoms with Gasteiger partial charge in [0.05, 0.1) is 0 Å². The molecule has 0 spiro atoms. The van der Waals surface area contributed by atoms with Crippen LogP contribution in [0.4, 0.5) is 0 Å². The summed E-state index contributed by atoms with van der Waals surface area (Å²) < 4.78 is 2.53. The Labute approximate surface area is 127 Å². The number of amidine groups is 1. The number of H-pyrrole nitrogens is 1. The Morgan fingerprint density at radius 1 is 1.55 bits per heavy atom. The van der Waals surface area contributed by atoms with E-state index in [0.29, 0.717) is 10.7 Å². The number of aromatic amines is 1. The molecule has 1 heterocycles. The Morgan fingerprint density at radius 3 is 2.90 bits per heavy atom. The third-order valence-corrected chi connectivity index (χ3v) is 4.99. The zero-order chi connectivity index (χ0) is 14.3. The van der Waals surface area contributed by atoms with Gasteiger partial charge in [0, 0.05) is 21.0 Å². The summed E-state index contributed by atoms with van der Waals surface area (Å²) in [5.74, 6) is 0.0249. The highest BCUT2D eigenvalue weighted by Gasteiger charge is 2.28. The second kappa shape index (κ2) is 5.10. The van der Waals surface area contributed by atoms with Crippen molar-refractivity contribution < 1.29 is 0 Å². The fourth-order valence-electron chi connectivity index (χ4n) is 1.87. The van der Waals surface area contributed by atoms with Crippen molar-refractivity contribution in [1.82, 2.24) is 14.8 Å². The highest BCUT2D eigenvalue weighted by Crippen LogP contribution is 2.39. The molecule has 0 unspecified atom stereocenters. The zero-order valence-electron chi connectivity index (χ0n) is 10.4. The molecule has 4 N–H and O–H groups in total. The topological polar surface area (TPSA) is 101 Å². The van der Waals surface area contributed by atoms with Gasteiger partial charge in [0.2, 0.25) is 0 Å². The molecule has 0 radical (unpaired) electrons. The molecule has 0 amide bonds. The van der Waals surface area contributed by atoms with Gasteiger partial charge in [-0.3, -0.25) is 9.98 Å². The van der Waals surface area contributed by atoms with Crippen molar-refractivity contribution in [3.8, 4) is 0 Å². The highest BCUT2D eigenvalue weighted by atomic mass is 79.9. The Morgan fingerprint density at radius 2 is 2.30 bits per heavy atom. The van der Waals surface area contributed by atoms with Crippen LogP contribution < -0.4 is 11.4 Å². The van der Waals surface area contributed by atoms with Gasteiger partial charge in [-0.2, -0.15) is 0 Å². The fraction of sp³-hybridized carbons (Fsp3) is 0.250. The SMILES string of the molecule is N=C(N)c1ccc(Sc2n[nH]c(=O)n2C2CC2)c(Br)c1. The second-order valence-electron chi connectivity index (χ2n) is 4.57. The molecule has 104 valence electrons. The number of aromatic nitrogens is 3. The van der Waals surface area contributed by atoms with Crippen LogP contribution in [0.5, 0.6) is 0 Å². The largest absolute Gasteiger partial charge is 0.384 e. The number of nitrogens with one attached hydrogen (secondary N) is 2. The van der Waals surface area contributed by atoms with E-state index in [9.17, 15) is 4.79 Å². The van der Waals surface area contributed by atoms with Crippen molar-refractivity contribution in [3.63, 3.8) is 0 Å². The van der Waals surface area contributed by atoms with Crippen LogP contribution >= 0.6 is 27.7 Å². The van der Waals surface area contributed by atoms with Gasteiger partial charge in [-0.15, -0.1) is 5.10 Å². The van der Waals surface area contributed by atoms with Crippen LogP contribution in [0.3, 0.4) is 0 Å². The van der Waals surface area contributed by atoms with Gasteiger partial charge in [0.25, 0.3) is 0 Å². The van der Waals surface area contributed by atoms with Crippen LogP contribution in [0.15, 0.2) is 37.5 Å². The molecule has 2 aromatic rings. The molecule has 20 heavy (non-hydrogen) atoms. The van der Waals surface area contributed by atoms with Crippen LogP contribution in [-0.2, 0) is 0 Å². The first kappa shape index (κ1) is 13.4. The van der Waals surface area contributed by atoms with Crippen molar-refractivity contribution in [2.24, 2.45) is 5.73 Å². The number of nitrogen functional groups attached to an aromatic ring is 1. The summed E-state index contributed by atoms with van der Waals surface area (Å²) in [6, 6.07) is 5.71. The maximum atomic E-state index is 11.7. The maximum absolute atomic E-state index is 11.7. The van der Waals surface area contributed by atoms with E-state index in [1.54, 1.807) is 16.7 Å². The van der Waals surface area contributed by atoms with Crippen molar-refractivity contribution in [3.05, 3.63) is 38.7 Å². The summed E-state index contributed by atoms with van der Waals surface area (Å²) in [5, 5.41) is 14.6. The van der Waals surface area contributed by atoms with E-state index in [2.05, 4.69) is 26.1 Å². The lowest BCUT2D eigenvalue weighted by molar-refractivity contribution is 0.642. The van der Waals surface area contributed by atoms with Crippen molar-refractivity contribution in [2.45, 2.75) is 28.9 Å². The lowest BCUT2D eigenvalue weighted by Gasteiger charge is -2.07. The molecule has 3 rings (SSSR count). The molecule has 0 bridgehead atoms. The van der Waals surface area contributed by atoms with E-state index >= 15 is 0 Å². The normalized spacial score (nSPS) is 14.4. The Hall–Kier alpha value is -1.54. The van der Waals surface area contributed by atoms with Crippen molar-refractivity contribution in [2.75, 3.05) is 0 Å². The number of hydrogen-bond acceptors (Lipinski definition) is 4. The second-order valence-corrected chi connectivity index (χ2v) is 6.44. The molecule has 1 aromatic carbocycles. The highest BCUT2D eigenvalue weighted by molar-refractivity contribution is 9.10. The van der Waals surface area contributed by atoms with Gasteiger partial charge in [0.15, 0.2) is 5.16 Å². The first-order chi connectivity index (χ1) is 9.56. The van der Waals surface area contributed by atoms with Crippen LogP contribution in [0, 0.1) is 5.41 Å². The van der Waals surface area contributed by atoms with Gasteiger partial charge in [-0.1, -0.05) is 6.07 Å². The molecule has 1 fully saturated rings. The molecule has 6 nitrogen and oxygen atoms in total. The third-order valence-electron chi connectivity index (χ3n) is 3.03. The Balaban J connectivity index is 1.92. The number of nitrogens with zero attached hydrogens (tertiary/aromatic N) is 2. The Bertz CT molecular complexity index is 734. The number of benzene rings is 1. The van der Waals surface area contributed by atoms with Crippen LogP contribution in [-0.4, -0.2) is 20.6 Å². The molecule has 1 aliphatic carbocycles. The summed E-state index contributed by atoms with van der Waals surface area (Å²) in [6.07, 6.45) is 2.05. The number of halogens is 1. The van der Waals surface area contributed by atoms with Crippen LogP contribution in [0.25, 0.3) is 0 Å². The molecule has 1 aromatic heterocycles. The van der Waals surface area contributed by atoms with Crippen molar-refractivity contribution >= 4 is 33.5 Å². The third kappa shape index (κ3) is 2.53. The minimum atomic E-state index is -0.161. The molecule has 8 heteroatoms. The van der Waals surface area contributed by atoms with E-state index in [1.807, 2.05) is 6.07 Å². The van der Waals surface area contributed by atoms with E-state index in [1.165, 1.54) is 11.8 Å². The summed E-state index contributed by atoms with van der Waals surface area (Å²) in [6.45, 7) is 0. The van der Waals surface area contributed by atoms with Crippen molar-refractivity contribution in [1.29, 1.82) is 5.41 Å². The van der Waals surface area contributed by atoms with Crippen LogP contribution in [0.2, 0.25) is 0 Å². The lowest BCUT2D eigenvalue weighted by Crippen LogP contribution is -2.16. The van der Waals surface area contributed by atoms with E-state index < -0.39 is 0 Å². The average Bonchev–Trinajstić information content (AvgIpc) is 3.17. The number of rotatable bonds is 4. The molecular formula is C12H12BrN5OS. The Kier molecular flexibility index (Phi) is 3.43. The average molecular weight is 354 g/mol. The molecule has 0 atom stereocenters. The maximum Gasteiger partial charge on any atom is 0.344 e. The molecule has 1 aliphatic rings. The molecule has 1 saturated carbocycles. The van der Waals surface area contributed by atoms with Gasteiger partial charge in [-0.05, 0) is 52.7 Å². The first-order valence-electron chi connectivity index (χ1n) is 6.05. The standard InChI is InChI=1S/C12H12BrN5OS/c13-8-5-6(10(14)15)1-4-9(8)20-12-17-16-11(19)18(12)7-2-3-7/h1,4-5,7H,2-3H2,(H3,14,15)(H,16,19). The first-order valence-corrected chi connectivity index (χ1v) is 7.66. The lowest BCUT2D eigenvalue weighted by atomic mass is 10.2. The van der Waals surface area contributed by atoms with E-state index in [4.69, 9.17) is 11.1 Å². The molecule has 0 aliphatic heterocycles. The fourth-order valence-corrected chi connectivity index (χ4v) is 3.40. The summed E-state index contributed by atoms with van der Waals surface area (Å²) >= 11 is 4.87. The molecule has 0 saturated heterocycles. The minimum Gasteiger partial charge on any atom is -0.384 e. The van der Waals surface area contributed by atoms with Crippen LogP contribution in [0.1, 0.15) is 24.4 Å². The van der Waals surface area contributed by atoms with E-state index in [0.717, 1.165) is 22.2 Å². The summed E-state index contributed by atoms with van der Waals surface area (Å²) in [7, 11) is 0. The minimum absolute atomic E-state index is 0.0249. The van der Waals surface area contributed by atoms with Gasteiger partial charge in [-0.25, -0.2) is 9.89 Å². The number of hydrogen-bond donors (Lipinski definition) is 3. The zero-order valence-corrected chi connectivity index (χ0v) is 12.8.